The average molecular weight is 359 g/mol. The number of rotatable bonds is 7. The number of fused-ring (bicyclic) bond motifs is 2. The number of nitrogens with one attached hydrogen (secondary N) is 1. The highest BCUT2D eigenvalue weighted by molar-refractivity contribution is 5.93. The zero-order valence-corrected chi connectivity index (χ0v) is 16.2. The van der Waals surface area contributed by atoms with Crippen molar-refractivity contribution in [1.29, 1.82) is 0 Å². The Morgan fingerprint density at radius 1 is 0.963 bits per heavy atom. The Hall–Kier alpha value is -2.61. The van der Waals surface area contributed by atoms with E-state index in [1.54, 1.807) is 6.42 Å². The van der Waals surface area contributed by atoms with Crippen molar-refractivity contribution in [3.8, 4) is 0 Å². The summed E-state index contributed by atoms with van der Waals surface area (Å²) in [5, 5.41) is 2.99. The fourth-order valence-corrected chi connectivity index (χ4v) is 3.29. The molecule has 2 aromatic rings. The zero-order valence-electron chi connectivity index (χ0n) is 16.2. The number of unbranched alkanes of at least 4 members (excludes halogenated alkanes) is 1. The Balaban J connectivity index is 1.67. The van der Waals surface area contributed by atoms with Gasteiger partial charge in [-0.25, -0.2) is 0 Å². The minimum Gasteiger partial charge on any atom is -0.356 e. The molecular weight excluding hydrogens is 330 g/mol. The Morgan fingerprint density at radius 2 is 1.56 bits per heavy atom. The summed E-state index contributed by atoms with van der Waals surface area (Å²) in [6, 6.07) is 17.1. The highest BCUT2D eigenvalue weighted by atomic mass is 16.1. The predicted octanol–water partition coefficient (Wildman–Crippen LogP) is 5.75. The maximum absolute atomic E-state index is 11.8. The molecule has 0 heterocycles. The third-order valence-corrected chi connectivity index (χ3v) is 4.75. The topological polar surface area (TPSA) is 29.1 Å². The first-order chi connectivity index (χ1) is 13.1. The second-order valence-electron chi connectivity index (χ2n) is 7.39. The lowest BCUT2D eigenvalue weighted by Gasteiger charge is -2.12. The van der Waals surface area contributed by atoms with Crippen LogP contribution in [-0.4, -0.2) is 12.5 Å². The lowest BCUT2D eigenvalue weighted by atomic mass is 9.92. The van der Waals surface area contributed by atoms with Crippen LogP contribution in [0.3, 0.4) is 0 Å². The van der Waals surface area contributed by atoms with E-state index in [4.69, 9.17) is 0 Å². The Morgan fingerprint density at radius 3 is 2.15 bits per heavy atom. The molecule has 0 aromatic heterocycles. The maximum Gasteiger partial charge on any atom is 0.223 e. The van der Waals surface area contributed by atoms with E-state index in [2.05, 4.69) is 85.9 Å². The molecule has 1 aliphatic carbocycles. The average Bonchev–Trinajstić information content (AvgIpc) is 2.83. The number of hydrogen-bond donors (Lipinski definition) is 1. The normalized spacial score (nSPS) is 12.3. The van der Waals surface area contributed by atoms with Gasteiger partial charge >= 0.3 is 0 Å². The van der Waals surface area contributed by atoms with Crippen molar-refractivity contribution >= 4 is 23.6 Å². The molecule has 2 aromatic carbocycles. The monoisotopic (exact) mass is 358 g/mol. The van der Waals surface area contributed by atoms with Gasteiger partial charge in [-0.05, 0) is 53.0 Å². The van der Waals surface area contributed by atoms with Gasteiger partial charge in [0, 0.05) is 13.0 Å². The van der Waals surface area contributed by atoms with Crippen LogP contribution in [-0.2, 0) is 4.79 Å². The molecule has 0 saturated heterocycles. The third-order valence-electron chi connectivity index (χ3n) is 4.75. The summed E-state index contributed by atoms with van der Waals surface area (Å²) >= 11 is 0. The van der Waals surface area contributed by atoms with Gasteiger partial charge in [0.1, 0.15) is 0 Å². The van der Waals surface area contributed by atoms with Crippen LogP contribution in [0.1, 0.15) is 55.4 Å². The molecule has 0 aliphatic heterocycles. The molecule has 0 unspecified atom stereocenters. The quantitative estimate of drug-likeness (QED) is 0.535. The van der Waals surface area contributed by atoms with Crippen LogP contribution in [0.15, 0.2) is 54.6 Å². The zero-order chi connectivity index (χ0) is 19.1. The van der Waals surface area contributed by atoms with Crippen LogP contribution in [0.25, 0.3) is 17.7 Å². The fraction of sp³-hybridized carbons (Fsp3) is 0.280. The molecule has 27 heavy (non-hydrogen) atoms. The van der Waals surface area contributed by atoms with Crippen molar-refractivity contribution in [2.24, 2.45) is 5.92 Å². The number of benzene rings is 2. The molecule has 0 bridgehead atoms. The molecule has 0 saturated carbocycles. The smallest absolute Gasteiger partial charge is 0.223 e. The van der Waals surface area contributed by atoms with Gasteiger partial charge in [-0.1, -0.05) is 80.6 Å². The second kappa shape index (κ2) is 9.36. The highest BCUT2D eigenvalue weighted by Gasteiger charge is 2.13. The first kappa shape index (κ1) is 19.2. The molecule has 1 aliphatic rings. The molecule has 0 fully saturated rings. The van der Waals surface area contributed by atoms with Crippen molar-refractivity contribution in [3.63, 3.8) is 0 Å². The van der Waals surface area contributed by atoms with E-state index in [1.165, 1.54) is 27.8 Å². The highest BCUT2D eigenvalue weighted by Crippen LogP contribution is 2.33. The standard InChI is InChI=1S/C25H28NO/c1-19(2)14-17-25(27)26-18-8-7-13-24-22-11-5-3-9-20(22)15-16-21-10-4-6-12-23(21)24/h3-6,9-13,15-17,19H,7-8,14,18H2,1-2H3,(H,26,27). The van der Waals surface area contributed by atoms with E-state index >= 15 is 0 Å². The Labute approximate surface area is 163 Å². The van der Waals surface area contributed by atoms with Crippen molar-refractivity contribution in [2.45, 2.75) is 33.1 Å². The molecule has 139 valence electrons. The van der Waals surface area contributed by atoms with Crippen molar-refractivity contribution < 1.29 is 4.79 Å². The maximum atomic E-state index is 11.8. The van der Waals surface area contributed by atoms with Gasteiger partial charge in [-0.3, -0.25) is 4.79 Å². The van der Waals surface area contributed by atoms with Crippen molar-refractivity contribution in [1.82, 2.24) is 5.32 Å². The van der Waals surface area contributed by atoms with Gasteiger partial charge in [0.2, 0.25) is 5.91 Å². The molecule has 0 atom stereocenters. The molecule has 1 amide bonds. The van der Waals surface area contributed by atoms with Crippen LogP contribution in [0.2, 0.25) is 0 Å². The van der Waals surface area contributed by atoms with Crippen LogP contribution < -0.4 is 5.32 Å². The summed E-state index contributed by atoms with van der Waals surface area (Å²) in [6.07, 6.45) is 11.2. The van der Waals surface area contributed by atoms with E-state index in [1.807, 2.05) is 0 Å². The van der Waals surface area contributed by atoms with Gasteiger partial charge in [-0.2, -0.15) is 0 Å². The van der Waals surface area contributed by atoms with Gasteiger partial charge < -0.3 is 5.32 Å². The largest absolute Gasteiger partial charge is 0.356 e. The van der Waals surface area contributed by atoms with Gasteiger partial charge in [-0.15, -0.1) is 0 Å². The minimum atomic E-state index is 0.0470. The van der Waals surface area contributed by atoms with Crippen LogP contribution in [0, 0.1) is 12.3 Å². The predicted molar refractivity (Wildman–Crippen MR) is 115 cm³/mol. The SMILES string of the molecule is CC(C)C[CH]C(=O)NCCCC=C1c2ccccc2C=Cc2ccccc21. The van der Waals surface area contributed by atoms with Crippen molar-refractivity contribution in [2.75, 3.05) is 6.54 Å². The van der Waals surface area contributed by atoms with E-state index in [-0.39, 0.29) is 5.91 Å². The van der Waals surface area contributed by atoms with Gasteiger partial charge in [0.05, 0.1) is 0 Å². The van der Waals surface area contributed by atoms with Crippen molar-refractivity contribution in [3.05, 3.63) is 83.3 Å². The first-order valence-electron chi connectivity index (χ1n) is 9.83. The second-order valence-corrected chi connectivity index (χ2v) is 7.39. The molecule has 3 rings (SSSR count). The van der Waals surface area contributed by atoms with E-state index in [0.29, 0.717) is 12.5 Å². The summed E-state index contributed by atoms with van der Waals surface area (Å²) in [6.45, 7) is 4.94. The Kier molecular flexibility index (Phi) is 6.64. The van der Waals surface area contributed by atoms with Crippen LogP contribution >= 0.6 is 0 Å². The molecule has 1 N–H and O–H groups in total. The summed E-state index contributed by atoms with van der Waals surface area (Å²) in [4.78, 5) is 11.8. The Bertz CT molecular complexity index is 793. The third kappa shape index (κ3) is 5.19. The number of allylic oxidation sites excluding steroid dienone is 1. The van der Waals surface area contributed by atoms with Crippen LogP contribution in [0.5, 0.6) is 0 Å². The number of carbonyl (C=O) groups excluding carboxylic acids is 1. The lowest BCUT2D eigenvalue weighted by molar-refractivity contribution is -0.118. The number of hydrogen-bond acceptors (Lipinski definition) is 1. The molecular formula is C25H28NO. The molecule has 0 spiro atoms. The van der Waals surface area contributed by atoms with Gasteiger partial charge in [0.25, 0.3) is 0 Å². The number of carbonyl (C=O) groups is 1. The number of amides is 1. The summed E-state index contributed by atoms with van der Waals surface area (Å²) in [7, 11) is 0. The summed E-state index contributed by atoms with van der Waals surface area (Å²) in [5.74, 6) is 0.565. The van der Waals surface area contributed by atoms with E-state index in [9.17, 15) is 4.79 Å². The first-order valence-corrected chi connectivity index (χ1v) is 9.83. The molecule has 1 radical (unpaired) electrons. The summed E-state index contributed by atoms with van der Waals surface area (Å²) in [5.41, 5.74) is 6.32. The van der Waals surface area contributed by atoms with Crippen LogP contribution in [0.4, 0.5) is 0 Å². The van der Waals surface area contributed by atoms with E-state index < -0.39 is 0 Å². The lowest BCUT2D eigenvalue weighted by Crippen LogP contribution is -2.24. The molecule has 2 nitrogen and oxygen atoms in total. The summed E-state index contributed by atoms with van der Waals surface area (Å²) < 4.78 is 0. The molecule has 2 heteroatoms. The van der Waals surface area contributed by atoms with Gasteiger partial charge in [0.15, 0.2) is 0 Å². The van der Waals surface area contributed by atoms with E-state index in [0.717, 1.165) is 19.3 Å². The fourth-order valence-electron chi connectivity index (χ4n) is 3.29. The minimum absolute atomic E-state index is 0.0470.